The summed E-state index contributed by atoms with van der Waals surface area (Å²) < 4.78 is 41.0. The monoisotopic (exact) mass is 684 g/mol. The number of aliphatic hydroxyl groups excluding tert-OH is 1. The predicted molar refractivity (Wildman–Crippen MR) is 185 cm³/mol. The first-order chi connectivity index (χ1) is 23.4. The Morgan fingerprint density at radius 2 is 1.55 bits per heavy atom. The molecule has 254 valence electrons. The fraction of sp³-hybridized carbons (Fsp3) is 0.222. The van der Waals surface area contributed by atoms with Gasteiger partial charge >= 0.3 is 0 Å². The predicted octanol–water partition coefficient (Wildman–Crippen LogP) is 4.37. The number of aliphatic hydroxyl groups is 1. The highest BCUT2D eigenvalue weighted by atomic mass is 32.2. The van der Waals surface area contributed by atoms with Crippen molar-refractivity contribution >= 4 is 27.5 Å². The van der Waals surface area contributed by atoms with E-state index < -0.39 is 45.8 Å². The lowest BCUT2D eigenvalue weighted by atomic mass is 10.00. The number of hydrogen-bond acceptors (Lipinski definition) is 7. The lowest BCUT2D eigenvalue weighted by Crippen LogP contribution is -2.46. The number of carbonyl (C=O) groups is 2. The van der Waals surface area contributed by atoms with Crippen LogP contribution in [0.3, 0.4) is 0 Å². The van der Waals surface area contributed by atoms with E-state index in [-0.39, 0.29) is 29.8 Å². The largest absolute Gasteiger partial charge is 0.389 e. The van der Waals surface area contributed by atoms with Crippen LogP contribution in [0.2, 0.25) is 0 Å². The van der Waals surface area contributed by atoms with Crippen molar-refractivity contribution < 1.29 is 27.5 Å². The summed E-state index contributed by atoms with van der Waals surface area (Å²) in [6.07, 6.45) is 7.03. The standard InChI is InChI=1S/C36H37FN6O5S/c1-24(26-9-11-31(37)12-10-26)40-35(45)28-18-29(20-32(19-28)42(2)49(3,47)48)36(46)41-33(17-25-7-5-4-6-8-25)34(44)23-43-22-30(21-39-43)27-13-15-38-16-14-27/h4-16,18-22,24,33-34,44H,17,23H2,1-3H3,(H,40,45)(H,41,46)/t24-,33+,34+/m1/s1. The summed E-state index contributed by atoms with van der Waals surface area (Å²) in [6.45, 7) is 1.79. The van der Waals surface area contributed by atoms with Crippen LogP contribution >= 0.6 is 0 Å². The lowest BCUT2D eigenvalue weighted by molar-refractivity contribution is 0.0780. The minimum absolute atomic E-state index is 0.0110. The molecule has 0 saturated heterocycles. The van der Waals surface area contributed by atoms with E-state index >= 15 is 0 Å². The van der Waals surface area contributed by atoms with E-state index in [1.54, 1.807) is 48.5 Å². The van der Waals surface area contributed by atoms with Crippen molar-refractivity contribution in [3.63, 3.8) is 0 Å². The Morgan fingerprint density at radius 1 is 0.918 bits per heavy atom. The van der Waals surface area contributed by atoms with E-state index in [9.17, 15) is 27.5 Å². The van der Waals surface area contributed by atoms with Gasteiger partial charge in [-0.25, -0.2) is 12.8 Å². The summed E-state index contributed by atoms with van der Waals surface area (Å²) in [5.74, 6) is -1.61. The number of benzene rings is 3. The topological polar surface area (TPSA) is 147 Å². The fourth-order valence-corrected chi connectivity index (χ4v) is 5.73. The Labute approximate surface area is 284 Å². The minimum Gasteiger partial charge on any atom is -0.389 e. The first kappa shape index (κ1) is 34.9. The number of pyridine rings is 1. The average molecular weight is 685 g/mol. The smallest absolute Gasteiger partial charge is 0.251 e. The number of sulfonamides is 1. The maximum Gasteiger partial charge on any atom is 0.251 e. The maximum absolute atomic E-state index is 13.9. The highest BCUT2D eigenvalue weighted by Gasteiger charge is 2.26. The van der Waals surface area contributed by atoms with Crippen LogP contribution in [0.4, 0.5) is 10.1 Å². The Balaban J connectivity index is 1.42. The molecule has 0 bridgehead atoms. The van der Waals surface area contributed by atoms with Crippen molar-refractivity contribution in [2.75, 3.05) is 17.6 Å². The summed E-state index contributed by atoms with van der Waals surface area (Å²) in [5, 5.41) is 21.6. The van der Waals surface area contributed by atoms with E-state index in [1.165, 1.54) is 37.4 Å². The summed E-state index contributed by atoms with van der Waals surface area (Å²) in [7, 11) is -2.44. The molecule has 13 heteroatoms. The van der Waals surface area contributed by atoms with Crippen LogP contribution < -0.4 is 14.9 Å². The van der Waals surface area contributed by atoms with Crippen LogP contribution in [0.5, 0.6) is 0 Å². The van der Waals surface area contributed by atoms with Gasteiger partial charge in [-0.3, -0.25) is 23.6 Å². The third-order valence-electron chi connectivity index (χ3n) is 8.12. The Kier molecular flexibility index (Phi) is 10.8. The van der Waals surface area contributed by atoms with Crippen LogP contribution in [0.25, 0.3) is 11.1 Å². The highest BCUT2D eigenvalue weighted by Crippen LogP contribution is 2.23. The number of nitrogens with zero attached hydrogens (tertiary/aromatic N) is 4. The molecule has 2 amide bonds. The quantitative estimate of drug-likeness (QED) is 0.167. The van der Waals surface area contributed by atoms with Gasteiger partial charge < -0.3 is 15.7 Å². The van der Waals surface area contributed by atoms with Crippen LogP contribution in [0.15, 0.2) is 110 Å². The maximum atomic E-state index is 13.9. The molecule has 5 aromatic rings. The molecule has 11 nitrogen and oxygen atoms in total. The van der Waals surface area contributed by atoms with Crippen molar-refractivity contribution in [1.82, 2.24) is 25.4 Å². The summed E-state index contributed by atoms with van der Waals surface area (Å²) >= 11 is 0. The zero-order chi connectivity index (χ0) is 35.1. The molecular weight excluding hydrogens is 647 g/mol. The number of carbonyl (C=O) groups excluding carboxylic acids is 2. The van der Waals surface area contributed by atoms with Gasteiger partial charge in [0.1, 0.15) is 5.82 Å². The van der Waals surface area contributed by atoms with Crippen molar-refractivity contribution in [3.8, 4) is 11.1 Å². The summed E-state index contributed by atoms with van der Waals surface area (Å²) in [6, 6.07) is 21.5. The molecule has 2 heterocycles. The van der Waals surface area contributed by atoms with Gasteiger partial charge in [-0.1, -0.05) is 42.5 Å². The Bertz CT molecular complexity index is 2010. The van der Waals surface area contributed by atoms with Crippen molar-refractivity contribution in [2.24, 2.45) is 0 Å². The van der Waals surface area contributed by atoms with E-state index in [1.807, 2.05) is 42.5 Å². The zero-order valence-electron chi connectivity index (χ0n) is 27.2. The van der Waals surface area contributed by atoms with Crippen LogP contribution in [0.1, 0.15) is 44.8 Å². The van der Waals surface area contributed by atoms with Gasteiger partial charge in [-0.2, -0.15) is 5.10 Å². The zero-order valence-corrected chi connectivity index (χ0v) is 28.0. The normalized spacial score (nSPS) is 13.2. The Morgan fingerprint density at radius 3 is 2.18 bits per heavy atom. The molecule has 0 aliphatic heterocycles. The van der Waals surface area contributed by atoms with Gasteiger partial charge in [0.25, 0.3) is 11.8 Å². The van der Waals surface area contributed by atoms with Crippen LogP contribution in [-0.4, -0.2) is 65.6 Å². The van der Waals surface area contributed by atoms with Crippen LogP contribution in [0, 0.1) is 5.82 Å². The van der Waals surface area contributed by atoms with Crippen molar-refractivity contribution in [1.29, 1.82) is 0 Å². The van der Waals surface area contributed by atoms with Crippen LogP contribution in [-0.2, 0) is 23.0 Å². The summed E-state index contributed by atoms with van der Waals surface area (Å²) in [4.78, 5) is 31.4. The second-order valence-electron chi connectivity index (χ2n) is 11.8. The summed E-state index contributed by atoms with van der Waals surface area (Å²) in [5.41, 5.74) is 3.41. The molecule has 0 radical (unpaired) electrons. The van der Waals surface area contributed by atoms with Gasteiger partial charge in [-0.05, 0) is 72.5 Å². The number of nitrogens with one attached hydrogen (secondary N) is 2. The molecule has 0 saturated carbocycles. The first-order valence-corrected chi connectivity index (χ1v) is 17.3. The number of hydrogen-bond donors (Lipinski definition) is 3. The molecule has 2 aromatic heterocycles. The highest BCUT2D eigenvalue weighted by molar-refractivity contribution is 7.92. The molecule has 49 heavy (non-hydrogen) atoms. The number of halogens is 1. The third kappa shape index (κ3) is 9.15. The Hall–Kier alpha value is -5.40. The SMILES string of the molecule is C[C@@H](NC(=O)c1cc(C(=O)N[C@@H](Cc2ccccc2)[C@@H](O)Cn2cc(-c3ccncc3)cn2)cc(N(C)S(C)(=O)=O)c1)c1ccc(F)cc1. The second kappa shape index (κ2) is 15.2. The van der Waals surface area contributed by atoms with E-state index in [0.29, 0.717) is 5.56 Å². The number of aromatic nitrogens is 3. The number of rotatable bonds is 13. The van der Waals surface area contributed by atoms with Gasteiger partial charge in [-0.15, -0.1) is 0 Å². The van der Waals surface area contributed by atoms with E-state index in [2.05, 4.69) is 20.7 Å². The second-order valence-corrected chi connectivity index (χ2v) is 13.8. The number of anilines is 1. The van der Waals surface area contributed by atoms with E-state index in [0.717, 1.165) is 27.3 Å². The molecule has 0 aliphatic rings. The molecule has 3 atom stereocenters. The minimum atomic E-state index is -3.76. The molecule has 3 N–H and O–H groups in total. The molecule has 0 spiro atoms. The lowest BCUT2D eigenvalue weighted by Gasteiger charge is -2.25. The first-order valence-electron chi connectivity index (χ1n) is 15.5. The molecule has 0 unspecified atom stereocenters. The van der Waals surface area contributed by atoms with E-state index in [4.69, 9.17) is 0 Å². The van der Waals surface area contributed by atoms with Gasteiger partial charge in [0.15, 0.2) is 0 Å². The third-order valence-corrected chi connectivity index (χ3v) is 9.33. The molecule has 3 aromatic carbocycles. The molecule has 0 aliphatic carbocycles. The average Bonchev–Trinajstić information content (AvgIpc) is 3.56. The van der Waals surface area contributed by atoms with Crippen molar-refractivity contribution in [2.45, 2.75) is 38.1 Å². The van der Waals surface area contributed by atoms with Gasteiger partial charge in [0.05, 0.1) is 42.9 Å². The van der Waals surface area contributed by atoms with Gasteiger partial charge in [0.2, 0.25) is 10.0 Å². The molecule has 5 rings (SSSR count). The van der Waals surface area contributed by atoms with Gasteiger partial charge in [0, 0.05) is 42.3 Å². The fourth-order valence-electron chi connectivity index (χ4n) is 5.24. The van der Waals surface area contributed by atoms with Crippen molar-refractivity contribution in [3.05, 3.63) is 138 Å². The molecule has 0 fully saturated rings. The number of amides is 2. The molecular formula is C36H37FN6O5S.